The van der Waals surface area contributed by atoms with Gasteiger partial charge in [-0.25, -0.2) is 24.4 Å². The highest BCUT2D eigenvalue weighted by Crippen LogP contribution is 2.49. The van der Waals surface area contributed by atoms with Gasteiger partial charge in [-0.05, 0) is 37.8 Å². The highest BCUT2D eigenvalue weighted by molar-refractivity contribution is 8.09. The fourth-order valence-corrected chi connectivity index (χ4v) is 6.91. The Labute approximate surface area is 241 Å². The molecule has 218 valence electrons. The van der Waals surface area contributed by atoms with Crippen molar-refractivity contribution in [3.05, 3.63) is 42.5 Å². The summed E-state index contributed by atoms with van der Waals surface area (Å²) < 4.78 is 40.0. The minimum atomic E-state index is -3.50. The molecule has 1 aromatic carbocycles. The first-order valence-corrected chi connectivity index (χ1v) is 15.4. The maximum absolute atomic E-state index is 15.7. The molecule has 12 nitrogen and oxygen atoms in total. The number of hydrogen-bond donors (Lipinski definition) is 2. The van der Waals surface area contributed by atoms with E-state index in [1.165, 1.54) is 24.9 Å². The molecule has 0 spiro atoms. The zero-order chi connectivity index (χ0) is 29.2. The standard InChI is InChI=1S/C24H31ClFN6O6PS/c1-14(23(34)35-5)30-39(40,38-16-9-7-6-8-10-16)36-12-24(11-25)19(33)17(26)22(37-24)32-13-27-18-20(31(3)4)28-15(2)29-21(18)32/h6-10,13-14,17,19,22,33H,11-12H2,1-5H3,(H,30,40)/t14-,17+,19-,22+,24+,39-/m0/s1. The number of rotatable bonds is 11. The summed E-state index contributed by atoms with van der Waals surface area (Å²) in [6.07, 6.45) is -3.58. The molecule has 0 bridgehead atoms. The molecule has 0 radical (unpaired) electrons. The summed E-state index contributed by atoms with van der Waals surface area (Å²) in [5.74, 6) is 0.433. The number of fused-ring (bicyclic) bond motifs is 1. The van der Waals surface area contributed by atoms with Gasteiger partial charge in [0.2, 0.25) is 0 Å². The number of aliphatic hydroxyl groups is 1. The number of para-hydroxylation sites is 1. The summed E-state index contributed by atoms with van der Waals surface area (Å²) in [6.45, 7) is -0.710. The number of anilines is 1. The Bertz CT molecular complexity index is 1400. The minimum Gasteiger partial charge on any atom is -0.468 e. The molecule has 0 amide bonds. The van der Waals surface area contributed by atoms with Crippen LogP contribution in [-0.2, 0) is 30.6 Å². The van der Waals surface area contributed by atoms with Crippen molar-refractivity contribution < 1.29 is 32.8 Å². The normalized spacial score (nSPS) is 24.9. The summed E-state index contributed by atoms with van der Waals surface area (Å²) in [4.78, 5) is 27.1. The number of aliphatic hydroxyl groups excluding tert-OH is 1. The lowest BCUT2D eigenvalue weighted by Crippen LogP contribution is -2.48. The number of nitrogens with one attached hydrogen (secondary N) is 1. The van der Waals surface area contributed by atoms with Crippen LogP contribution in [0.15, 0.2) is 36.7 Å². The van der Waals surface area contributed by atoms with Crippen molar-refractivity contribution in [1.82, 2.24) is 24.6 Å². The maximum Gasteiger partial charge on any atom is 0.323 e. The molecular weight excluding hydrogens is 586 g/mol. The lowest BCUT2D eigenvalue weighted by atomic mass is 9.99. The van der Waals surface area contributed by atoms with Crippen molar-refractivity contribution in [3.63, 3.8) is 0 Å². The zero-order valence-corrected chi connectivity index (χ0v) is 25.0. The molecule has 0 saturated carbocycles. The number of carbonyl (C=O) groups is 1. The number of nitrogens with zero attached hydrogens (tertiary/aromatic N) is 5. The fraction of sp³-hybridized carbons (Fsp3) is 0.500. The van der Waals surface area contributed by atoms with Gasteiger partial charge in [0.1, 0.15) is 29.3 Å². The first-order chi connectivity index (χ1) is 18.9. The summed E-state index contributed by atoms with van der Waals surface area (Å²) in [7, 11) is 4.85. The molecule has 3 aromatic rings. The van der Waals surface area contributed by atoms with Gasteiger partial charge < -0.3 is 28.5 Å². The predicted molar refractivity (Wildman–Crippen MR) is 151 cm³/mol. The van der Waals surface area contributed by atoms with Gasteiger partial charge >= 0.3 is 12.6 Å². The van der Waals surface area contributed by atoms with Gasteiger partial charge in [0, 0.05) is 14.1 Å². The van der Waals surface area contributed by atoms with Crippen LogP contribution in [0.25, 0.3) is 11.2 Å². The third-order valence-electron chi connectivity index (χ3n) is 6.26. The van der Waals surface area contributed by atoms with Crippen molar-refractivity contribution in [2.75, 3.05) is 38.6 Å². The van der Waals surface area contributed by atoms with Gasteiger partial charge in [0.05, 0.1) is 25.9 Å². The third kappa shape index (κ3) is 6.08. The Morgan fingerprint density at radius 2 is 2.08 bits per heavy atom. The van der Waals surface area contributed by atoms with Gasteiger partial charge in [-0.2, -0.15) is 0 Å². The number of aryl methyl sites for hydroxylation is 1. The largest absolute Gasteiger partial charge is 0.468 e. The molecular formula is C24H31ClFN6O6PS. The number of alkyl halides is 2. The van der Waals surface area contributed by atoms with E-state index in [2.05, 4.69) is 20.0 Å². The monoisotopic (exact) mass is 616 g/mol. The number of methoxy groups -OCH3 is 1. The molecule has 0 aliphatic carbocycles. The van der Waals surface area contributed by atoms with Gasteiger partial charge in [0.15, 0.2) is 29.4 Å². The SMILES string of the molecule is COC(=O)[C@H](C)N[P@](=S)(OC[C@@]1(CCl)O[C@@H](n2cnc3c(N(C)C)nc(C)nc32)[C@H](F)[C@@H]1O)Oc1ccccc1. The van der Waals surface area contributed by atoms with Gasteiger partial charge in [-0.15, -0.1) is 11.6 Å². The fourth-order valence-electron chi connectivity index (χ4n) is 4.18. The molecule has 1 fully saturated rings. The number of aromatic nitrogens is 4. The maximum atomic E-state index is 15.7. The summed E-state index contributed by atoms with van der Waals surface area (Å²) in [6, 6.07) is 7.71. The Morgan fingerprint density at radius 1 is 1.38 bits per heavy atom. The first kappa shape index (κ1) is 30.5. The van der Waals surface area contributed by atoms with Crippen molar-refractivity contribution >= 4 is 53.0 Å². The molecule has 6 atom stereocenters. The van der Waals surface area contributed by atoms with Crippen LogP contribution in [0.4, 0.5) is 10.2 Å². The van der Waals surface area contributed by atoms with Gasteiger partial charge in [-0.3, -0.25) is 9.36 Å². The number of imidazole rings is 1. The average Bonchev–Trinajstić information content (AvgIpc) is 3.45. The Morgan fingerprint density at radius 3 is 2.70 bits per heavy atom. The molecule has 40 heavy (non-hydrogen) atoms. The average molecular weight is 617 g/mol. The van der Waals surface area contributed by atoms with E-state index in [9.17, 15) is 9.90 Å². The Hall–Kier alpha value is -2.45. The molecule has 2 aromatic heterocycles. The lowest BCUT2D eigenvalue weighted by molar-refractivity contribution is -0.142. The van der Waals surface area contributed by atoms with E-state index in [0.717, 1.165) is 0 Å². The van der Waals surface area contributed by atoms with E-state index in [1.807, 2.05) is 0 Å². The van der Waals surface area contributed by atoms with Crippen LogP contribution in [0.5, 0.6) is 5.75 Å². The number of ether oxygens (including phenoxy) is 2. The van der Waals surface area contributed by atoms with Crippen molar-refractivity contribution in [1.29, 1.82) is 0 Å². The number of hydrogen-bond acceptors (Lipinski definition) is 11. The quantitative estimate of drug-likeness (QED) is 0.186. The van der Waals surface area contributed by atoms with Crippen molar-refractivity contribution in [2.45, 2.75) is 44.0 Å². The zero-order valence-electron chi connectivity index (χ0n) is 22.5. The first-order valence-electron chi connectivity index (χ1n) is 12.2. The second-order valence-electron chi connectivity index (χ2n) is 9.46. The van der Waals surface area contributed by atoms with E-state index in [4.69, 9.17) is 41.9 Å². The minimum absolute atomic E-state index is 0.327. The molecule has 16 heteroatoms. The predicted octanol–water partition coefficient (Wildman–Crippen LogP) is 2.88. The number of benzene rings is 1. The van der Waals surface area contributed by atoms with E-state index < -0.39 is 49.4 Å². The summed E-state index contributed by atoms with van der Waals surface area (Å²) in [5.41, 5.74) is -0.962. The number of carbonyl (C=O) groups excluding carboxylic acids is 1. The van der Waals surface area contributed by atoms with Crippen LogP contribution in [0.3, 0.4) is 0 Å². The Balaban J connectivity index is 1.63. The highest BCUT2D eigenvalue weighted by Gasteiger charge is 2.57. The van der Waals surface area contributed by atoms with E-state index in [1.54, 1.807) is 56.3 Å². The van der Waals surface area contributed by atoms with Crippen LogP contribution in [0.1, 0.15) is 19.0 Å². The summed E-state index contributed by atoms with van der Waals surface area (Å²) >= 11 is 12.0. The van der Waals surface area contributed by atoms with Crippen LogP contribution in [0, 0.1) is 6.92 Å². The topological polar surface area (TPSA) is 133 Å². The molecule has 4 rings (SSSR count). The van der Waals surface area contributed by atoms with Crippen molar-refractivity contribution in [2.24, 2.45) is 0 Å². The van der Waals surface area contributed by atoms with Crippen LogP contribution in [-0.4, -0.2) is 88.2 Å². The highest BCUT2D eigenvalue weighted by atomic mass is 35.5. The number of esters is 1. The molecule has 0 unspecified atom stereocenters. The van der Waals surface area contributed by atoms with Crippen LogP contribution < -0.4 is 14.5 Å². The molecule has 2 N–H and O–H groups in total. The number of halogens is 2. The van der Waals surface area contributed by atoms with Crippen molar-refractivity contribution in [3.8, 4) is 5.75 Å². The summed E-state index contributed by atoms with van der Waals surface area (Å²) in [5, 5.41) is 13.9. The molecule has 3 heterocycles. The lowest BCUT2D eigenvalue weighted by Gasteiger charge is -2.33. The molecule has 1 saturated heterocycles. The van der Waals surface area contributed by atoms with Gasteiger partial charge in [0.25, 0.3) is 0 Å². The smallest absolute Gasteiger partial charge is 0.323 e. The third-order valence-corrected chi connectivity index (χ3v) is 9.19. The Kier molecular flexibility index (Phi) is 9.30. The second-order valence-corrected chi connectivity index (χ2v) is 12.9. The molecule has 1 aliphatic rings. The van der Waals surface area contributed by atoms with E-state index in [-0.39, 0.29) is 5.88 Å². The molecule has 1 aliphatic heterocycles. The van der Waals surface area contributed by atoms with Crippen LogP contribution >= 0.6 is 18.2 Å². The second kappa shape index (κ2) is 12.2. The van der Waals surface area contributed by atoms with E-state index in [0.29, 0.717) is 28.6 Å². The van der Waals surface area contributed by atoms with Crippen LogP contribution in [0.2, 0.25) is 0 Å². The van der Waals surface area contributed by atoms with Gasteiger partial charge in [-0.1, -0.05) is 18.2 Å². The van der Waals surface area contributed by atoms with E-state index >= 15 is 4.39 Å².